The smallest absolute Gasteiger partial charge is 0.344 e. The Morgan fingerprint density at radius 3 is 2.58 bits per heavy atom. The molecule has 0 saturated carbocycles. The topological polar surface area (TPSA) is 102 Å². The van der Waals surface area contributed by atoms with Crippen LogP contribution in [0.1, 0.15) is 30.1 Å². The van der Waals surface area contributed by atoms with Gasteiger partial charge >= 0.3 is 11.9 Å². The van der Waals surface area contributed by atoms with Gasteiger partial charge in [0.1, 0.15) is 0 Å². The van der Waals surface area contributed by atoms with Crippen molar-refractivity contribution < 1.29 is 28.7 Å². The average molecular weight is 440 g/mol. The number of ether oxygens (including phenoxy) is 2. The normalized spacial score (nSPS) is 18.9. The van der Waals surface area contributed by atoms with Gasteiger partial charge in [0, 0.05) is 23.4 Å². The predicted molar refractivity (Wildman–Crippen MR) is 114 cm³/mol. The van der Waals surface area contributed by atoms with Crippen LogP contribution in [0.2, 0.25) is 0 Å². The van der Waals surface area contributed by atoms with E-state index in [0.717, 1.165) is 4.90 Å². The zero-order valence-electron chi connectivity index (χ0n) is 16.8. The van der Waals surface area contributed by atoms with Crippen molar-refractivity contribution in [2.45, 2.75) is 29.5 Å². The molecule has 0 aromatic heterocycles. The van der Waals surface area contributed by atoms with Crippen LogP contribution in [0.4, 0.5) is 11.4 Å². The third-order valence-electron chi connectivity index (χ3n) is 5.01. The Labute approximate surface area is 182 Å². The summed E-state index contributed by atoms with van der Waals surface area (Å²) < 4.78 is 10.2. The summed E-state index contributed by atoms with van der Waals surface area (Å²) in [6, 6.07) is 13.5. The van der Waals surface area contributed by atoms with E-state index in [0.29, 0.717) is 23.4 Å². The largest absolute Gasteiger partial charge is 0.462 e. The Morgan fingerprint density at radius 2 is 1.84 bits per heavy atom. The van der Waals surface area contributed by atoms with Gasteiger partial charge in [0.15, 0.2) is 11.5 Å². The molecular weight excluding hydrogens is 420 g/mol. The quantitative estimate of drug-likeness (QED) is 0.689. The average Bonchev–Trinajstić information content (AvgIpc) is 3.28. The molecule has 31 heavy (non-hydrogen) atoms. The molecule has 1 N–H and O–H groups in total. The molecule has 8 nitrogen and oxygen atoms in total. The van der Waals surface area contributed by atoms with Gasteiger partial charge in [-0.05, 0) is 43.3 Å². The second-order valence-corrected chi connectivity index (χ2v) is 8.32. The summed E-state index contributed by atoms with van der Waals surface area (Å²) in [6.45, 7) is 1.51. The van der Waals surface area contributed by atoms with Gasteiger partial charge in [0.05, 0.1) is 17.9 Å². The van der Waals surface area contributed by atoms with Gasteiger partial charge in [0.2, 0.25) is 5.91 Å². The van der Waals surface area contributed by atoms with Gasteiger partial charge in [-0.2, -0.15) is 0 Å². The van der Waals surface area contributed by atoms with Crippen molar-refractivity contribution in [3.8, 4) is 0 Å². The van der Waals surface area contributed by atoms with Crippen LogP contribution in [0.25, 0.3) is 0 Å². The molecule has 2 aliphatic heterocycles. The van der Waals surface area contributed by atoms with Crippen LogP contribution in [0.15, 0.2) is 53.4 Å². The summed E-state index contributed by atoms with van der Waals surface area (Å²) in [6.07, 6.45) is 0.566. The Balaban J connectivity index is 1.37. The summed E-state index contributed by atoms with van der Waals surface area (Å²) in [7, 11) is 0. The first-order valence-corrected chi connectivity index (χ1v) is 10.6. The molecule has 1 atom stereocenters. The van der Waals surface area contributed by atoms with Crippen LogP contribution in [-0.4, -0.2) is 41.8 Å². The minimum Gasteiger partial charge on any atom is -0.462 e. The zero-order valence-corrected chi connectivity index (χ0v) is 17.6. The number of amides is 2. The highest BCUT2D eigenvalue weighted by molar-refractivity contribution is 8.02. The first-order valence-electron chi connectivity index (χ1n) is 9.80. The van der Waals surface area contributed by atoms with E-state index in [1.165, 1.54) is 28.8 Å². The van der Waals surface area contributed by atoms with Crippen LogP contribution in [0, 0.1) is 0 Å². The zero-order chi connectivity index (χ0) is 22.0. The molecule has 0 unspecified atom stereocenters. The summed E-state index contributed by atoms with van der Waals surface area (Å²) in [4.78, 5) is 50.4. The Hall–Kier alpha value is -3.33. The van der Waals surface area contributed by atoms with Crippen molar-refractivity contribution in [3.05, 3.63) is 54.1 Å². The number of anilines is 2. The molecule has 0 aliphatic carbocycles. The van der Waals surface area contributed by atoms with Crippen LogP contribution in [-0.2, 0) is 23.9 Å². The van der Waals surface area contributed by atoms with Gasteiger partial charge in [0.25, 0.3) is 5.91 Å². The molecule has 2 aliphatic rings. The predicted octanol–water partition coefficient (Wildman–Crippen LogP) is 2.97. The van der Waals surface area contributed by atoms with E-state index in [4.69, 9.17) is 9.47 Å². The molecule has 160 valence electrons. The Kier molecular flexibility index (Phi) is 5.69. The molecule has 2 amide bonds. The maximum Gasteiger partial charge on any atom is 0.344 e. The number of carbonyl (C=O) groups excluding carboxylic acids is 4. The third-order valence-corrected chi connectivity index (χ3v) is 6.46. The Bertz CT molecular complexity index is 1050. The molecule has 0 radical (unpaired) electrons. The fourth-order valence-electron chi connectivity index (χ4n) is 3.62. The van der Waals surface area contributed by atoms with Gasteiger partial charge in [-0.25, -0.2) is 9.59 Å². The number of para-hydroxylation sites is 1. The molecular formula is C22H20N2O6S. The number of nitrogens with one attached hydrogen (secondary N) is 1. The van der Waals surface area contributed by atoms with Gasteiger partial charge in [-0.1, -0.05) is 23.9 Å². The number of nitrogens with zero attached hydrogens (tertiary/aromatic N) is 1. The van der Waals surface area contributed by atoms with Crippen molar-refractivity contribution in [2.24, 2.45) is 0 Å². The summed E-state index contributed by atoms with van der Waals surface area (Å²) in [5, 5.41) is 2.61. The lowest BCUT2D eigenvalue weighted by Crippen LogP contribution is -2.48. The van der Waals surface area contributed by atoms with Crippen molar-refractivity contribution in [2.75, 3.05) is 23.4 Å². The van der Waals surface area contributed by atoms with E-state index < -0.39 is 29.3 Å². The number of thioether (sulfide) groups is 1. The van der Waals surface area contributed by atoms with E-state index in [2.05, 4.69) is 5.32 Å². The van der Waals surface area contributed by atoms with Crippen LogP contribution >= 0.6 is 11.8 Å². The molecule has 2 aromatic carbocycles. The lowest BCUT2D eigenvalue weighted by Gasteiger charge is -2.28. The standard InChI is InChI=1S/C22H20N2O6S/c1-2-29-20(27)14-7-9-15(10-8-14)23-18(25)13-30-21(28)22-12-11-19(26)24(22)16-5-3-4-6-17(16)31-22/h3-10H,2,11-13H2,1H3,(H,23,25)/t22-/m0/s1. The second-order valence-electron chi connectivity index (χ2n) is 7.01. The second kappa shape index (κ2) is 8.43. The fourth-order valence-corrected chi connectivity index (χ4v) is 5.03. The highest BCUT2D eigenvalue weighted by Crippen LogP contribution is 2.56. The van der Waals surface area contributed by atoms with E-state index in [1.807, 2.05) is 18.2 Å². The molecule has 0 bridgehead atoms. The van der Waals surface area contributed by atoms with E-state index in [9.17, 15) is 19.2 Å². The monoisotopic (exact) mass is 440 g/mol. The third kappa shape index (κ3) is 3.88. The summed E-state index contributed by atoms with van der Waals surface area (Å²) in [5.41, 5.74) is 1.51. The molecule has 0 spiro atoms. The van der Waals surface area contributed by atoms with Crippen molar-refractivity contribution in [1.82, 2.24) is 0 Å². The lowest BCUT2D eigenvalue weighted by atomic mass is 10.2. The molecule has 2 aromatic rings. The van der Waals surface area contributed by atoms with Crippen molar-refractivity contribution in [3.63, 3.8) is 0 Å². The number of hydrogen-bond donors (Lipinski definition) is 1. The van der Waals surface area contributed by atoms with Crippen LogP contribution in [0.3, 0.4) is 0 Å². The van der Waals surface area contributed by atoms with Crippen molar-refractivity contribution in [1.29, 1.82) is 0 Å². The number of hydrogen-bond acceptors (Lipinski definition) is 7. The first kappa shape index (κ1) is 20.9. The summed E-state index contributed by atoms with van der Waals surface area (Å²) >= 11 is 1.29. The van der Waals surface area contributed by atoms with Gasteiger partial charge in [-0.15, -0.1) is 0 Å². The molecule has 4 rings (SSSR count). The van der Waals surface area contributed by atoms with Gasteiger partial charge < -0.3 is 14.8 Å². The maximum atomic E-state index is 12.9. The molecule has 9 heteroatoms. The fraction of sp³-hybridized carbons (Fsp3) is 0.273. The van der Waals surface area contributed by atoms with Crippen LogP contribution in [0.5, 0.6) is 0 Å². The first-order chi connectivity index (χ1) is 14.9. The number of rotatable bonds is 6. The van der Waals surface area contributed by atoms with E-state index >= 15 is 0 Å². The minimum atomic E-state index is -1.16. The number of carbonyl (C=O) groups is 4. The minimum absolute atomic E-state index is 0.138. The van der Waals surface area contributed by atoms with Gasteiger partial charge in [-0.3, -0.25) is 14.5 Å². The number of fused-ring (bicyclic) bond motifs is 3. The maximum absolute atomic E-state index is 12.9. The SMILES string of the molecule is CCOC(=O)c1ccc(NC(=O)COC(=O)[C@@]23CCC(=O)N2c2ccccc2S3)cc1. The summed E-state index contributed by atoms with van der Waals surface area (Å²) in [5.74, 6) is -1.72. The van der Waals surface area contributed by atoms with E-state index in [-0.39, 0.29) is 18.9 Å². The van der Waals surface area contributed by atoms with E-state index in [1.54, 1.807) is 25.1 Å². The highest BCUT2D eigenvalue weighted by Gasteiger charge is 2.58. The molecule has 2 heterocycles. The number of esters is 2. The Morgan fingerprint density at radius 1 is 1.10 bits per heavy atom. The number of benzene rings is 2. The van der Waals surface area contributed by atoms with Crippen LogP contribution < -0.4 is 10.2 Å². The lowest BCUT2D eigenvalue weighted by molar-refractivity contribution is -0.149. The van der Waals surface area contributed by atoms with Crippen molar-refractivity contribution >= 4 is 46.9 Å². The highest BCUT2D eigenvalue weighted by atomic mass is 32.2. The molecule has 1 fully saturated rings. The molecule has 1 saturated heterocycles.